The first-order chi connectivity index (χ1) is 19.9. The first-order valence-electron chi connectivity index (χ1n) is 13.7. The Bertz CT molecular complexity index is 1310. The summed E-state index contributed by atoms with van der Waals surface area (Å²) in [5, 5.41) is 7.82. The molecule has 2 aliphatic rings. The van der Waals surface area contributed by atoms with Crippen molar-refractivity contribution < 1.29 is 37.4 Å². The molecular weight excluding hydrogens is 572 g/mol. The molecule has 2 fully saturated rings. The summed E-state index contributed by atoms with van der Waals surface area (Å²) < 4.78 is 41.8. The lowest BCUT2D eigenvalue weighted by Crippen LogP contribution is -2.53. The molecule has 1 saturated heterocycles. The minimum absolute atomic E-state index is 0.0145. The zero-order chi connectivity index (χ0) is 30.5. The summed E-state index contributed by atoms with van der Waals surface area (Å²) in [6.07, 6.45) is -0.977. The third kappa shape index (κ3) is 7.76. The van der Waals surface area contributed by atoms with Gasteiger partial charge >= 0.3 is 18.0 Å². The Kier molecular flexibility index (Phi) is 9.71. The van der Waals surface area contributed by atoms with E-state index >= 15 is 8.78 Å². The highest BCUT2D eigenvalue weighted by Crippen LogP contribution is 2.49. The second-order valence-electron chi connectivity index (χ2n) is 11.1. The van der Waals surface area contributed by atoms with Gasteiger partial charge in [-0.05, 0) is 55.2 Å². The summed E-state index contributed by atoms with van der Waals surface area (Å²) in [5.41, 5.74) is -0.674. The van der Waals surface area contributed by atoms with E-state index in [0.717, 1.165) is 18.9 Å². The van der Waals surface area contributed by atoms with Crippen molar-refractivity contribution in [2.75, 3.05) is 13.7 Å². The fourth-order valence-corrected chi connectivity index (χ4v) is 5.20. The second-order valence-corrected chi connectivity index (χ2v) is 11.6. The summed E-state index contributed by atoms with van der Waals surface area (Å²) in [6, 6.07) is 10.3. The van der Waals surface area contributed by atoms with Crippen molar-refractivity contribution in [1.82, 2.24) is 16.0 Å². The Balaban J connectivity index is 1.53. The average molecular weight is 606 g/mol. The number of nitrogens with one attached hydrogen (secondary N) is 3. The van der Waals surface area contributed by atoms with E-state index in [1.807, 2.05) is 6.92 Å². The molecule has 3 N–H and O–H groups in total. The van der Waals surface area contributed by atoms with Crippen molar-refractivity contribution in [3.8, 4) is 0 Å². The fraction of sp³-hybridized carbons (Fsp3) is 0.467. The number of carbonyl (C=O) groups is 4. The first-order valence-corrected chi connectivity index (χ1v) is 14.1. The molecule has 0 aromatic heterocycles. The van der Waals surface area contributed by atoms with Crippen molar-refractivity contribution in [3.05, 3.63) is 70.7 Å². The number of rotatable bonds is 12. The maximum Gasteiger partial charge on any atom is 0.408 e. The molecule has 1 aliphatic carbocycles. The highest BCUT2D eigenvalue weighted by Gasteiger charge is 2.47. The van der Waals surface area contributed by atoms with Gasteiger partial charge in [0.2, 0.25) is 11.8 Å². The third-order valence-electron chi connectivity index (χ3n) is 7.76. The summed E-state index contributed by atoms with van der Waals surface area (Å²) in [4.78, 5) is 51.2. The second kappa shape index (κ2) is 13.1. The van der Waals surface area contributed by atoms with E-state index in [1.54, 1.807) is 18.2 Å². The van der Waals surface area contributed by atoms with Gasteiger partial charge in [-0.2, -0.15) is 8.78 Å². The number of alkyl halides is 2. The summed E-state index contributed by atoms with van der Waals surface area (Å²) in [6.45, 7) is 2.39. The van der Waals surface area contributed by atoms with Gasteiger partial charge in [0, 0.05) is 23.0 Å². The molecule has 2 aromatic rings. The lowest BCUT2D eigenvalue weighted by atomic mass is 9.96. The largest absolute Gasteiger partial charge is 0.467 e. The maximum atomic E-state index is 15.8. The van der Waals surface area contributed by atoms with Crippen LogP contribution in [-0.2, 0) is 29.8 Å². The van der Waals surface area contributed by atoms with E-state index in [2.05, 4.69) is 16.0 Å². The van der Waals surface area contributed by atoms with E-state index in [4.69, 9.17) is 21.1 Å². The van der Waals surface area contributed by atoms with Gasteiger partial charge in [0.25, 0.3) is 0 Å². The molecule has 4 atom stereocenters. The Labute approximate surface area is 247 Å². The van der Waals surface area contributed by atoms with Gasteiger partial charge in [0.1, 0.15) is 12.1 Å². The first kappa shape index (κ1) is 31.2. The molecule has 1 aliphatic heterocycles. The Morgan fingerprint density at radius 3 is 2.40 bits per heavy atom. The highest BCUT2D eigenvalue weighted by molar-refractivity contribution is 6.30. The van der Waals surface area contributed by atoms with Gasteiger partial charge in [0.05, 0.1) is 7.11 Å². The smallest absolute Gasteiger partial charge is 0.408 e. The molecule has 12 heteroatoms. The molecular formula is C30H34ClF2N3O6. The van der Waals surface area contributed by atoms with Crippen molar-refractivity contribution in [3.63, 3.8) is 0 Å². The van der Waals surface area contributed by atoms with Crippen LogP contribution in [0.25, 0.3) is 0 Å². The van der Waals surface area contributed by atoms with Crippen molar-refractivity contribution in [2.24, 2.45) is 11.3 Å². The van der Waals surface area contributed by atoms with Crippen LogP contribution in [0.2, 0.25) is 5.02 Å². The zero-order valence-electron chi connectivity index (χ0n) is 23.3. The molecule has 226 valence electrons. The number of halogens is 3. The molecule has 9 nitrogen and oxygen atoms in total. The molecule has 0 radical (unpaired) electrons. The molecule has 2 aromatic carbocycles. The molecule has 3 amide bonds. The number of hydrogen-bond donors (Lipinski definition) is 3. The van der Waals surface area contributed by atoms with E-state index in [1.165, 1.54) is 37.4 Å². The van der Waals surface area contributed by atoms with Gasteiger partial charge in [-0.1, -0.05) is 61.0 Å². The maximum absolute atomic E-state index is 15.8. The van der Waals surface area contributed by atoms with Crippen molar-refractivity contribution in [1.29, 1.82) is 0 Å². The zero-order valence-corrected chi connectivity index (χ0v) is 24.1. The minimum Gasteiger partial charge on any atom is -0.467 e. The van der Waals surface area contributed by atoms with Crippen LogP contribution in [0.3, 0.4) is 0 Å². The molecule has 1 heterocycles. The topological polar surface area (TPSA) is 123 Å². The summed E-state index contributed by atoms with van der Waals surface area (Å²) >= 11 is 5.96. The minimum atomic E-state index is -3.68. The van der Waals surface area contributed by atoms with Crippen LogP contribution in [0.4, 0.5) is 13.6 Å². The van der Waals surface area contributed by atoms with Crippen LogP contribution in [0, 0.1) is 11.3 Å². The van der Waals surface area contributed by atoms with Crippen LogP contribution in [0.1, 0.15) is 56.3 Å². The Hall–Kier alpha value is -3.73. The van der Waals surface area contributed by atoms with E-state index in [0.29, 0.717) is 13.0 Å². The normalized spacial score (nSPS) is 19.5. The van der Waals surface area contributed by atoms with Crippen LogP contribution in [0.15, 0.2) is 54.6 Å². The third-order valence-corrected chi connectivity index (χ3v) is 8.00. The van der Waals surface area contributed by atoms with Crippen LogP contribution in [-0.4, -0.2) is 49.6 Å². The number of hydrogen-bond acceptors (Lipinski definition) is 6. The Morgan fingerprint density at radius 2 is 1.81 bits per heavy atom. The van der Waals surface area contributed by atoms with Gasteiger partial charge in [-0.15, -0.1) is 0 Å². The lowest BCUT2D eigenvalue weighted by Gasteiger charge is -2.29. The lowest BCUT2D eigenvalue weighted by molar-refractivity contribution is -0.146. The molecule has 42 heavy (non-hydrogen) atoms. The van der Waals surface area contributed by atoms with E-state index in [-0.39, 0.29) is 34.7 Å². The van der Waals surface area contributed by atoms with Crippen LogP contribution >= 0.6 is 11.6 Å². The van der Waals surface area contributed by atoms with Crippen LogP contribution in [0.5, 0.6) is 0 Å². The number of amides is 3. The van der Waals surface area contributed by atoms with E-state index < -0.39 is 53.6 Å². The molecule has 0 bridgehead atoms. The van der Waals surface area contributed by atoms with Crippen molar-refractivity contribution >= 4 is 35.5 Å². The SMILES string of the molecule is COC(=O)[C@H](C[C@@H]1CCNC1=O)NC(=O)[C@H](CC1(C)CC1)NC(=O)OC(c1ccccc1)C(F)(F)c1cccc(Cl)c1. The Morgan fingerprint density at radius 1 is 1.10 bits per heavy atom. The van der Waals surface area contributed by atoms with Crippen LogP contribution < -0.4 is 16.0 Å². The predicted octanol–water partition coefficient (Wildman–Crippen LogP) is 4.64. The number of methoxy groups -OCH3 is 1. The highest BCUT2D eigenvalue weighted by atomic mass is 35.5. The van der Waals surface area contributed by atoms with E-state index in [9.17, 15) is 19.2 Å². The molecule has 1 saturated carbocycles. The monoisotopic (exact) mass is 605 g/mol. The number of alkyl carbamates (subject to hydrolysis) is 1. The van der Waals surface area contributed by atoms with Gasteiger partial charge in [-0.25, -0.2) is 9.59 Å². The fourth-order valence-electron chi connectivity index (χ4n) is 5.01. The average Bonchev–Trinajstić information content (AvgIpc) is 3.56. The van der Waals surface area contributed by atoms with Gasteiger partial charge in [-0.3, -0.25) is 9.59 Å². The summed E-state index contributed by atoms with van der Waals surface area (Å²) in [5.74, 6) is -5.86. The molecule has 0 spiro atoms. The predicted molar refractivity (Wildman–Crippen MR) is 150 cm³/mol. The number of ether oxygens (including phenoxy) is 2. The summed E-state index contributed by atoms with van der Waals surface area (Å²) in [7, 11) is 1.17. The standard InChI is InChI=1S/C30H34ClF2N3O6/c1-29(12-13-29)17-23(26(38)35-22(27(39)41-2)15-19-11-14-34-25(19)37)36-28(40)42-24(18-7-4-3-5-8-18)30(32,33)20-9-6-10-21(31)16-20/h3-10,16,19,22-24H,11-15,17H2,1-2H3,(H,34,37)(H,35,38)(H,36,40)/t19-,22-,23-,24?/m0/s1. The quantitative estimate of drug-likeness (QED) is 0.303. The number of esters is 1. The number of carbonyl (C=O) groups excluding carboxylic acids is 4. The molecule has 1 unspecified atom stereocenters. The van der Waals surface area contributed by atoms with Gasteiger partial charge < -0.3 is 25.4 Å². The van der Waals surface area contributed by atoms with Gasteiger partial charge in [0.15, 0.2) is 6.10 Å². The number of benzene rings is 2. The van der Waals surface area contributed by atoms with Crippen molar-refractivity contribution in [2.45, 2.75) is 63.1 Å². The molecule has 4 rings (SSSR count).